The van der Waals surface area contributed by atoms with Gasteiger partial charge in [-0.05, 0) is 18.4 Å². The molecule has 0 spiro atoms. The van der Waals surface area contributed by atoms with Crippen molar-refractivity contribution in [3.05, 3.63) is 71.8 Å². The third kappa shape index (κ3) is 4.36. The Bertz CT molecular complexity index is 773. The number of nitrogens with zero attached hydrogens (tertiary/aromatic N) is 1. The fourth-order valence-corrected chi connectivity index (χ4v) is 3.08. The summed E-state index contributed by atoms with van der Waals surface area (Å²) < 4.78 is 5.23. The SMILES string of the molecule is O=C(COC(=O)C1CCCC(=O)N1Cc1ccccc1)c1ccccc1. The summed E-state index contributed by atoms with van der Waals surface area (Å²) in [5.41, 5.74) is 1.46. The van der Waals surface area contributed by atoms with E-state index in [0.29, 0.717) is 31.4 Å². The Morgan fingerprint density at radius 2 is 1.65 bits per heavy atom. The molecule has 1 amide bonds. The molecule has 2 aromatic carbocycles. The number of likely N-dealkylation sites (tertiary alicyclic amines) is 1. The monoisotopic (exact) mass is 351 g/mol. The van der Waals surface area contributed by atoms with Crippen molar-refractivity contribution in [2.75, 3.05) is 6.61 Å². The lowest BCUT2D eigenvalue weighted by atomic mass is 10.0. The van der Waals surface area contributed by atoms with Gasteiger partial charge in [0.2, 0.25) is 5.91 Å². The standard InChI is InChI=1S/C21H21NO4/c23-19(17-10-5-2-6-11-17)15-26-21(25)18-12-7-13-20(24)22(18)14-16-8-3-1-4-9-16/h1-6,8-11,18H,7,12-15H2. The predicted octanol–water partition coefficient (Wildman–Crippen LogP) is 2.99. The van der Waals surface area contributed by atoms with E-state index in [-0.39, 0.29) is 18.3 Å². The summed E-state index contributed by atoms with van der Waals surface area (Å²) in [4.78, 5) is 38.5. The van der Waals surface area contributed by atoms with Gasteiger partial charge in [-0.2, -0.15) is 0 Å². The number of rotatable bonds is 6. The molecule has 0 saturated carbocycles. The second-order valence-corrected chi connectivity index (χ2v) is 6.31. The molecule has 1 saturated heterocycles. The van der Waals surface area contributed by atoms with E-state index >= 15 is 0 Å². The van der Waals surface area contributed by atoms with Crippen molar-refractivity contribution in [3.63, 3.8) is 0 Å². The molecule has 1 heterocycles. The van der Waals surface area contributed by atoms with Crippen molar-refractivity contribution >= 4 is 17.7 Å². The lowest BCUT2D eigenvalue weighted by molar-refractivity contribution is -0.157. The smallest absolute Gasteiger partial charge is 0.329 e. The van der Waals surface area contributed by atoms with Gasteiger partial charge in [-0.3, -0.25) is 9.59 Å². The number of hydrogen-bond acceptors (Lipinski definition) is 4. The van der Waals surface area contributed by atoms with Crippen molar-refractivity contribution in [1.82, 2.24) is 4.90 Å². The van der Waals surface area contributed by atoms with Crippen LogP contribution in [0.1, 0.15) is 35.2 Å². The molecule has 0 aromatic heterocycles. The normalized spacial score (nSPS) is 17.0. The zero-order valence-electron chi connectivity index (χ0n) is 14.5. The molecule has 2 aromatic rings. The van der Waals surface area contributed by atoms with Gasteiger partial charge >= 0.3 is 5.97 Å². The number of esters is 1. The van der Waals surface area contributed by atoms with Crippen LogP contribution in [0.3, 0.4) is 0 Å². The van der Waals surface area contributed by atoms with Crippen LogP contribution in [0.15, 0.2) is 60.7 Å². The van der Waals surface area contributed by atoms with Crippen LogP contribution in [-0.4, -0.2) is 35.2 Å². The predicted molar refractivity (Wildman–Crippen MR) is 96.4 cm³/mol. The number of Topliss-reactive ketones (excluding diaryl/α,β-unsaturated/α-hetero) is 1. The molecule has 5 heteroatoms. The van der Waals surface area contributed by atoms with Crippen LogP contribution in [0.5, 0.6) is 0 Å². The van der Waals surface area contributed by atoms with Crippen molar-refractivity contribution in [1.29, 1.82) is 0 Å². The lowest BCUT2D eigenvalue weighted by Gasteiger charge is -2.34. The van der Waals surface area contributed by atoms with Gasteiger partial charge in [0.1, 0.15) is 6.04 Å². The fraction of sp³-hybridized carbons (Fsp3) is 0.286. The Balaban J connectivity index is 1.64. The molecular weight excluding hydrogens is 330 g/mol. The lowest BCUT2D eigenvalue weighted by Crippen LogP contribution is -2.48. The van der Waals surface area contributed by atoms with Crippen molar-refractivity contribution in [2.24, 2.45) is 0 Å². The quantitative estimate of drug-likeness (QED) is 0.593. The van der Waals surface area contributed by atoms with E-state index in [2.05, 4.69) is 0 Å². The first kappa shape index (κ1) is 17.9. The van der Waals surface area contributed by atoms with Crippen LogP contribution in [0, 0.1) is 0 Å². The van der Waals surface area contributed by atoms with E-state index in [0.717, 1.165) is 5.56 Å². The van der Waals surface area contributed by atoms with E-state index in [1.54, 1.807) is 29.2 Å². The minimum Gasteiger partial charge on any atom is -0.456 e. The van der Waals surface area contributed by atoms with E-state index in [9.17, 15) is 14.4 Å². The number of piperidine rings is 1. The maximum atomic E-state index is 12.5. The van der Waals surface area contributed by atoms with Crippen LogP contribution < -0.4 is 0 Å². The molecular formula is C21H21NO4. The van der Waals surface area contributed by atoms with Crippen molar-refractivity contribution in [3.8, 4) is 0 Å². The second-order valence-electron chi connectivity index (χ2n) is 6.31. The van der Waals surface area contributed by atoms with Gasteiger partial charge in [0.15, 0.2) is 12.4 Å². The topological polar surface area (TPSA) is 63.7 Å². The van der Waals surface area contributed by atoms with Crippen molar-refractivity contribution < 1.29 is 19.1 Å². The molecule has 0 radical (unpaired) electrons. The van der Waals surface area contributed by atoms with Gasteiger partial charge in [0.05, 0.1) is 0 Å². The maximum Gasteiger partial charge on any atom is 0.329 e. The van der Waals surface area contributed by atoms with Gasteiger partial charge in [-0.15, -0.1) is 0 Å². The minimum atomic E-state index is -0.639. The first-order valence-corrected chi connectivity index (χ1v) is 8.73. The number of ether oxygens (including phenoxy) is 1. The zero-order valence-corrected chi connectivity index (χ0v) is 14.5. The van der Waals surface area contributed by atoms with Crippen molar-refractivity contribution in [2.45, 2.75) is 31.8 Å². The third-order valence-corrected chi connectivity index (χ3v) is 4.47. The fourth-order valence-electron chi connectivity index (χ4n) is 3.08. The summed E-state index contributed by atoms with van der Waals surface area (Å²) in [6, 6.07) is 17.6. The van der Waals surface area contributed by atoms with Gasteiger partial charge in [0.25, 0.3) is 0 Å². The highest BCUT2D eigenvalue weighted by atomic mass is 16.5. The summed E-state index contributed by atoms with van der Waals surface area (Å²) in [5.74, 6) is -0.828. The van der Waals surface area contributed by atoms with E-state index in [1.807, 2.05) is 36.4 Å². The Morgan fingerprint density at radius 1 is 1.00 bits per heavy atom. The van der Waals surface area contributed by atoms with E-state index in [1.165, 1.54) is 0 Å². The number of ketones is 1. The molecule has 134 valence electrons. The Labute approximate surface area is 152 Å². The van der Waals surface area contributed by atoms with Crippen LogP contribution in [0.25, 0.3) is 0 Å². The molecule has 1 atom stereocenters. The second kappa shape index (κ2) is 8.43. The summed E-state index contributed by atoms with van der Waals surface area (Å²) in [5, 5.41) is 0. The van der Waals surface area contributed by atoms with Crippen LogP contribution >= 0.6 is 0 Å². The molecule has 3 rings (SSSR count). The molecule has 1 fully saturated rings. The van der Waals surface area contributed by atoms with Crippen LogP contribution in [-0.2, 0) is 20.9 Å². The number of carbonyl (C=O) groups is 3. The summed E-state index contributed by atoms with van der Waals surface area (Å²) in [6.45, 7) is 0.0544. The Hall–Kier alpha value is -2.95. The Kier molecular flexibility index (Phi) is 5.79. The number of amides is 1. The first-order valence-electron chi connectivity index (χ1n) is 8.73. The van der Waals surface area contributed by atoms with E-state index < -0.39 is 12.0 Å². The van der Waals surface area contributed by atoms with E-state index in [4.69, 9.17) is 4.74 Å². The zero-order chi connectivity index (χ0) is 18.4. The largest absolute Gasteiger partial charge is 0.456 e. The molecule has 0 N–H and O–H groups in total. The molecule has 1 aliphatic heterocycles. The molecule has 26 heavy (non-hydrogen) atoms. The molecule has 1 aliphatic rings. The molecule has 0 aliphatic carbocycles. The number of benzene rings is 2. The highest BCUT2D eigenvalue weighted by molar-refractivity contribution is 5.98. The highest BCUT2D eigenvalue weighted by Gasteiger charge is 2.34. The maximum absolute atomic E-state index is 12.5. The van der Waals surface area contributed by atoms with Gasteiger partial charge in [-0.1, -0.05) is 60.7 Å². The van der Waals surface area contributed by atoms with Gasteiger partial charge < -0.3 is 9.64 Å². The highest BCUT2D eigenvalue weighted by Crippen LogP contribution is 2.22. The van der Waals surface area contributed by atoms with Gasteiger partial charge in [-0.25, -0.2) is 4.79 Å². The minimum absolute atomic E-state index is 0.0589. The summed E-state index contributed by atoms with van der Waals surface area (Å²) in [7, 11) is 0. The third-order valence-electron chi connectivity index (χ3n) is 4.47. The number of carbonyl (C=O) groups excluding carboxylic acids is 3. The molecule has 0 bridgehead atoms. The van der Waals surface area contributed by atoms with Crippen LogP contribution in [0.4, 0.5) is 0 Å². The average molecular weight is 351 g/mol. The van der Waals surface area contributed by atoms with Crippen LogP contribution in [0.2, 0.25) is 0 Å². The Morgan fingerprint density at radius 3 is 2.35 bits per heavy atom. The summed E-state index contributed by atoms with van der Waals surface area (Å²) >= 11 is 0. The average Bonchev–Trinajstić information content (AvgIpc) is 2.69. The summed E-state index contributed by atoms with van der Waals surface area (Å²) in [6.07, 6.45) is 1.63. The first-order chi connectivity index (χ1) is 12.6. The molecule has 5 nitrogen and oxygen atoms in total. The molecule has 1 unspecified atom stereocenters. The van der Waals surface area contributed by atoms with Gasteiger partial charge in [0, 0.05) is 18.5 Å². The number of hydrogen-bond donors (Lipinski definition) is 0.